The fraction of sp³-hybridized carbons (Fsp3) is 0.250. The Kier molecular flexibility index (Phi) is 5.99. The van der Waals surface area contributed by atoms with Crippen molar-refractivity contribution in [2.75, 3.05) is 36.4 Å². The zero-order chi connectivity index (χ0) is 19.2. The van der Waals surface area contributed by atoms with Gasteiger partial charge in [0.1, 0.15) is 5.40 Å². The summed E-state index contributed by atoms with van der Waals surface area (Å²) in [5.74, 6) is -1.16. The van der Waals surface area contributed by atoms with Crippen molar-refractivity contribution < 1.29 is 9.59 Å². The third-order valence-corrected chi connectivity index (χ3v) is 5.00. The molecular weight excluding hydrogens is 360 g/mol. The van der Waals surface area contributed by atoms with Gasteiger partial charge in [-0.25, -0.2) is 0 Å². The molecular formula is C20H20N4O2S. The fourth-order valence-electron chi connectivity index (χ4n) is 2.98. The summed E-state index contributed by atoms with van der Waals surface area (Å²) in [4.78, 5) is 29.3. The predicted octanol–water partition coefficient (Wildman–Crippen LogP) is 2.86. The highest BCUT2D eigenvalue weighted by molar-refractivity contribution is 8.03. The Balaban J connectivity index is 1.54. The van der Waals surface area contributed by atoms with E-state index in [1.807, 2.05) is 11.5 Å². The minimum Gasteiger partial charge on any atom is -0.368 e. The molecule has 7 heteroatoms. The highest BCUT2D eigenvalue weighted by atomic mass is 32.2. The number of piperazine rings is 1. The van der Waals surface area contributed by atoms with E-state index in [-0.39, 0.29) is 0 Å². The van der Waals surface area contributed by atoms with Gasteiger partial charge in [0.15, 0.2) is 0 Å². The van der Waals surface area contributed by atoms with Crippen LogP contribution < -0.4 is 10.2 Å². The van der Waals surface area contributed by atoms with Crippen LogP contribution in [-0.4, -0.2) is 42.9 Å². The van der Waals surface area contributed by atoms with Gasteiger partial charge >= 0.3 is 11.8 Å². The molecule has 1 aliphatic heterocycles. The number of carbonyl (C=O) groups is 2. The number of thiocyanates is 1. The van der Waals surface area contributed by atoms with E-state index in [0.717, 1.165) is 22.3 Å². The van der Waals surface area contributed by atoms with Crippen LogP contribution in [0.15, 0.2) is 53.4 Å². The zero-order valence-corrected chi connectivity index (χ0v) is 15.8. The van der Waals surface area contributed by atoms with Gasteiger partial charge < -0.3 is 15.1 Å². The van der Waals surface area contributed by atoms with Gasteiger partial charge in [0, 0.05) is 42.4 Å². The van der Waals surface area contributed by atoms with Crippen molar-refractivity contribution in [3.63, 3.8) is 0 Å². The number of rotatable bonds is 3. The van der Waals surface area contributed by atoms with Crippen LogP contribution in [-0.2, 0) is 9.59 Å². The van der Waals surface area contributed by atoms with Gasteiger partial charge in [-0.15, -0.1) is 0 Å². The first-order valence-corrected chi connectivity index (χ1v) is 9.46. The lowest BCUT2D eigenvalue weighted by molar-refractivity contribution is -0.143. The summed E-state index contributed by atoms with van der Waals surface area (Å²) in [7, 11) is 0. The number of nitrogens with one attached hydrogen (secondary N) is 1. The third-order valence-electron chi connectivity index (χ3n) is 4.40. The number of nitrogens with zero attached hydrogens (tertiary/aromatic N) is 3. The van der Waals surface area contributed by atoms with Gasteiger partial charge in [0.2, 0.25) is 0 Å². The first-order chi connectivity index (χ1) is 13.1. The highest BCUT2D eigenvalue weighted by Gasteiger charge is 2.26. The van der Waals surface area contributed by atoms with Crippen LogP contribution in [0.3, 0.4) is 0 Å². The molecule has 1 N–H and O–H groups in total. The second-order valence-electron chi connectivity index (χ2n) is 6.29. The molecule has 0 aromatic heterocycles. The van der Waals surface area contributed by atoms with Crippen molar-refractivity contribution in [3.8, 4) is 5.40 Å². The smallest absolute Gasteiger partial charge is 0.313 e. The zero-order valence-electron chi connectivity index (χ0n) is 15.0. The van der Waals surface area contributed by atoms with Crippen LogP contribution in [0.2, 0.25) is 0 Å². The fourth-order valence-corrected chi connectivity index (χ4v) is 3.36. The first-order valence-electron chi connectivity index (χ1n) is 8.64. The van der Waals surface area contributed by atoms with Crippen LogP contribution in [0.25, 0.3) is 0 Å². The number of benzene rings is 2. The number of thioether (sulfide) groups is 1. The molecule has 1 heterocycles. The van der Waals surface area contributed by atoms with Crippen LogP contribution in [0.5, 0.6) is 0 Å². The molecule has 1 fully saturated rings. The van der Waals surface area contributed by atoms with E-state index >= 15 is 0 Å². The molecule has 1 saturated heterocycles. The molecule has 1 aliphatic rings. The average Bonchev–Trinajstić information content (AvgIpc) is 2.69. The maximum Gasteiger partial charge on any atom is 0.313 e. The van der Waals surface area contributed by atoms with Gasteiger partial charge in [-0.1, -0.05) is 12.1 Å². The van der Waals surface area contributed by atoms with Crippen LogP contribution >= 0.6 is 11.8 Å². The number of amides is 2. The Bertz CT molecular complexity index is 868. The lowest BCUT2D eigenvalue weighted by Crippen LogP contribution is -2.51. The van der Waals surface area contributed by atoms with E-state index in [9.17, 15) is 9.59 Å². The molecule has 0 unspecified atom stereocenters. The van der Waals surface area contributed by atoms with Crippen LogP contribution in [0.1, 0.15) is 5.56 Å². The van der Waals surface area contributed by atoms with Gasteiger partial charge in [-0.05, 0) is 60.6 Å². The summed E-state index contributed by atoms with van der Waals surface area (Å²) in [5.41, 5.74) is 2.88. The highest BCUT2D eigenvalue weighted by Crippen LogP contribution is 2.20. The van der Waals surface area contributed by atoms with Gasteiger partial charge in [-0.2, -0.15) is 5.26 Å². The van der Waals surface area contributed by atoms with Crippen LogP contribution in [0.4, 0.5) is 11.4 Å². The third kappa shape index (κ3) is 4.80. The maximum absolute atomic E-state index is 12.4. The van der Waals surface area contributed by atoms with E-state index in [2.05, 4.69) is 35.3 Å². The molecule has 138 valence electrons. The van der Waals surface area contributed by atoms with Crippen molar-refractivity contribution in [1.82, 2.24) is 4.90 Å². The van der Waals surface area contributed by atoms with Crippen molar-refractivity contribution >= 4 is 35.0 Å². The Morgan fingerprint density at radius 3 is 2.41 bits per heavy atom. The van der Waals surface area contributed by atoms with Crippen molar-refractivity contribution in [2.24, 2.45) is 0 Å². The lowest BCUT2D eigenvalue weighted by Gasteiger charge is -2.35. The molecule has 6 nitrogen and oxygen atoms in total. The molecule has 0 saturated carbocycles. The molecule has 2 amide bonds. The minimum absolute atomic E-state index is 0.512. The summed E-state index contributed by atoms with van der Waals surface area (Å²) >= 11 is 1.04. The van der Waals surface area contributed by atoms with E-state index in [0.29, 0.717) is 31.9 Å². The number of aryl methyl sites for hydroxylation is 1. The number of hydrogen-bond acceptors (Lipinski definition) is 5. The molecule has 2 aromatic carbocycles. The summed E-state index contributed by atoms with van der Waals surface area (Å²) in [6, 6.07) is 15.1. The second-order valence-corrected chi connectivity index (χ2v) is 7.15. The summed E-state index contributed by atoms with van der Waals surface area (Å²) in [5, 5.41) is 13.3. The van der Waals surface area contributed by atoms with E-state index in [4.69, 9.17) is 5.26 Å². The topological polar surface area (TPSA) is 76.4 Å². The number of nitriles is 1. The lowest BCUT2D eigenvalue weighted by atomic mass is 10.2. The normalized spacial score (nSPS) is 13.8. The minimum atomic E-state index is -0.639. The summed E-state index contributed by atoms with van der Waals surface area (Å²) in [6.07, 6.45) is 0. The molecule has 0 radical (unpaired) electrons. The maximum atomic E-state index is 12.4. The Hall–Kier alpha value is -2.98. The average molecular weight is 380 g/mol. The van der Waals surface area contributed by atoms with E-state index in [1.165, 1.54) is 5.56 Å². The van der Waals surface area contributed by atoms with Crippen molar-refractivity contribution in [1.29, 1.82) is 5.26 Å². The Labute approximate surface area is 162 Å². The Morgan fingerprint density at radius 2 is 1.78 bits per heavy atom. The molecule has 0 bridgehead atoms. The first kappa shape index (κ1) is 18.8. The van der Waals surface area contributed by atoms with Gasteiger partial charge in [0.05, 0.1) is 0 Å². The monoisotopic (exact) mass is 380 g/mol. The molecule has 0 spiro atoms. The molecule has 3 rings (SSSR count). The van der Waals surface area contributed by atoms with E-state index in [1.54, 1.807) is 29.2 Å². The number of anilines is 2. The standard InChI is InChI=1S/C20H20N4O2S/c1-15-3-2-4-17(13-15)23-9-11-24(12-10-23)20(26)19(25)22-16-5-7-18(8-6-16)27-14-21/h2-8,13H,9-12H2,1H3,(H,22,25). The summed E-state index contributed by atoms with van der Waals surface area (Å²) in [6.45, 7) is 4.47. The van der Waals surface area contributed by atoms with Crippen molar-refractivity contribution in [2.45, 2.75) is 11.8 Å². The van der Waals surface area contributed by atoms with Gasteiger partial charge in [0.25, 0.3) is 0 Å². The molecule has 27 heavy (non-hydrogen) atoms. The second kappa shape index (κ2) is 8.60. The number of hydrogen-bond donors (Lipinski definition) is 1. The van der Waals surface area contributed by atoms with Crippen molar-refractivity contribution in [3.05, 3.63) is 54.1 Å². The predicted molar refractivity (Wildman–Crippen MR) is 107 cm³/mol. The Morgan fingerprint density at radius 1 is 1.07 bits per heavy atom. The van der Waals surface area contributed by atoms with E-state index < -0.39 is 11.8 Å². The quantitative estimate of drug-likeness (QED) is 0.503. The largest absolute Gasteiger partial charge is 0.368 e. The molecule has 0 aliphatic carbocycles. The molecule has 2 aromatic rings. The van der Waals surface area contributed by atoms with Crippen LogP contribution in [0, 0.1) is 17.6 Å². The molecule has 0 atom stereocenters. The summed E-state index contributed by atoms with van der Waals surface area (Å²) < 4.78 is 0. The number of carbonyl (C=O) groups excluding carboxylic acids is 2. The van der Waals surface area contributed by atoms with Gasteiger partial charge in [-0.3, -0.25) is 9.59 Å². The SMILES string of the molecule is Cc1cccc(N2CCN(C(=O)C(=O)Nc3ccc(SC#N)cc3)CC2)c1.